The van der Waals surface area contributed by atoms with Crippen molar-refractivity contribution in [2.75, 3.05) is 18.1 Å². The van der Waals surface area contributed by atoms with Gasteiger partial charge in [-0.05, 0) is 19.4 Å². The Labute approximate surface area is 142 Å². The van der Waals surface area contributed by atoms with Crippen molar-refractivity contribution in [1.82, 2.24) is 15.1 Å². The molecule has 1 aliphatic rings. The van der Waals surface area contributed by atoms with Gasteiger partial charge in [0.25, 0.3) is 0 Å². The van der Waals surface area contributed by atoms with Gasteiger partial charge in [-0.2, -0.15) is 28.6 Å². The molecule has 0 amide bonds. The number of thioether (sulfide) groups is 2. The maximum Gasteiger partial charge on any atom is 0.0834 e. The quantitative estimate of drug-likeness (QED) is 0.799. The standard InChI is InChI=1S/C15H26ClN3S2/c1-4-7-19-14(11(16)10-18-19)13(17-6-3)15-12(5-2)20-8-9-21-15/h10,12-13,15,17H,4-9H2,1-3H3. The van der Waals surface area contributed by atoms with Crippen LogP contribution in [0.1, 0.15) is 45.3 Å². The summed E-state index contributed by atoms with van der Waals surface area (Å²) in [6.07, 6.45) is 4.09. The van der Waals surface area contributed by atoms with Gasteiger partial charge < -0.3 is 5.32 Å². The Morgan fingerprint density at radius 2 is 2.14 bits per heavy atom. The molecule has 1 aromatic heterocycles. The van der Waals surface area contributed by atoms with Crippen LogP contribution in [0.4, 0.5) is 0 Å². The largest absolute Gasteiger partial charge is 0.308 e. The molecule has 0 spiro atoms. The second-order valence-corrected chi connectivity index (χ2v) is 8.33. The van der Waals surface area contributed by atoms with Crippen molar-refractivity contribution in [3.8, 4) is 0 Å². The molecule has 2 rings (SSSR count). The van der Waals surface area contributed by atoms with E-state index >= 15 is 0 Å². The van der Waals surface area contributed by atoms with E-state index in [1.54, 1.807) is 6.20 Å². The molecule has 0 aromatic carbocycles. The van der Waals surface area contributed by atoms with Crippen LogP contribution in [0, 0.1) is 0 Å². The highest BCUT2D eigenvalue weighted by Crippen LogP contribution is 2.41. The molecular weight excluding hydrogens is 322 g/mol. The first-order chi connectivity index (χ1) is 10.2. The van der Waals surface area contributed by atoms with Crippen LogP contribution in [0.25, 0.3) is 0 Å². The lowest BCUT2D eigenvalue weighted by molar-refractivity contribution is 0.458. The van der Waals surface area contributed by atoms with Gasteiger partial charge in [0.15, 0.2) is 0 Å². The van der Waals surface area contributed by atoms with Gasteiger partial charge in [0.2, 0.25) is 0 Å². The molecule has 3 unspecified atom stereocenters. The molecule has 6 heteroatoms. The van der Waals surface area contributed by atoms with Crippen LogP contribution >= 0.6 is 35.1 Å². The monoisotopic (exact) mass is 347 g/mol. The second-order valence-electron chi connectivity index (χ2n) is 5.29. The van der Waals surface area contributed by atoms with Gasteiger partial charge in [-0.1, -0.05) is 32.4 Å². The van der Waals surface area contributed by atoms with Gasteiger partial charge >= 0.3 is 0 Å². The molecule has 2 heterocycles. The Morgan fingerprint density at radius 1 is 1.38 bits per heavy atom. The SMILES string of the molecule is CCCn1ncc(Cl)c1C(NCC)C1SCCSC1CC. The normalized spacial score (nSPS) is 24.2. The van der Waals surface area contributed by atoms with E-state index in [0.29, 0.717) is 16.5 Å². The zero-order chi connectivity index (χ0) is 15.2. The maximum absolute atomic E-state index is 6.48. The minimum atomic E-state index is 0.291. The second kappa shape index (κ2) is 8.70. The predicted octanol–water partition coefficient (Wildman–Crippen LogP) is 4.22. The summed E-state index contributed by atoms with van der Waals surface area (Å²) in [5, 5.41) is 10.2. The fourth-order valence-corrected chi connectivity index (χ4v) is 6.39. The van der Waals surface area contributed by atoms with Crippen molar-refractivity contribution in [2.45, 2.75) is 56.7 Å². The molecule has 1 fully saturated rings. The van der Waals surface area contributed by atoms with Crippen molar-refractivity contribution in [3.05, 3.63) is 16.9 Å². The van der Waals surface area contributed by atoms with E-state index in [0.717, 1.165) is 24.5 Å². The van der Waals surface area contributed by atoms with Crippen molar-refractivity contribution < 1.29 is 0 Å². The Bertz CT molecular complexity index is 439. The number of hydrogen-bond donors (Lipinski definition) is 1. The molecule has 3 nitrogen and oxygen atoms in total. The highest BCUT2D eigenvalue weighted by molar-refractivity contribution is 8.07. The minimum absolute atomic E-state index is 0.291. The summed E-state index contributed by atoms with van der Waals surface area (Å²) in [6, 6.07) is 0.291. The molecule has 0 bridgehead atoms. The molecule has 1 aliphatic heterocycles. The Kier molecular flexibility index (Phi) is 7.26. The molecule has 0 aliphatic carbocycles. The predicted molar refractivity (Wildman–Crippen MR) is 96.7 cm³/mol. The number of hydrogen-bond acceptors (Lipinski definition) is 4. The van der Waals surface area contributed by atoms with E-state index in [-0.39, 0.29) is 0 Å². The molecule has 3 atom stereocenters. The Balaban J connectivity index is 2.31. The maximum atomic E-state index is 6.48. The van der Waals surface area contributed by atoms with Crippen molar-refractivity contribution in [3.63, 3.8) is 0 Å². The van der Waals surface area contributed by atoms with Crippen LogP contribution in [0.5, 0.6) is 0 Å². The molecule has 1 saturated heterocycles. The van der Waals surface area contributed by atoms with Crippen LogP contribution in [-0.4, -0.2) is 38.3 Å². The Hall–Kier alpha value is 0.160. The van der Waals surface area contributed by atoms with E-state index in [2.05, 4.69) is 59.4 Å². The van der Waals surface area contributed by atoms with Gasteiger partial charge in [0.1, 0.15) is 0 Å². The minimum Gasteiger partial charge on any atom is -0.308 e. The number of halogens is 1. The van der Waals surface area contributed by atoms with E-state index in [1.807, 2.05) is 0 Å². The summed E-state index contributed by atoms with van der Waals surface area (Å²) in [5.74, 6) is 2.49. The van der Waals surface area contributed by atoms with E-state index in [4.69, 9.17) is 11.6 Å². The first-order valence-corrected chi connectivity index (χ1v) is 10.4. The summed E-state index contributed by atoms with van der Waals surface area (Å²) >= 11 is 10.7. The molecule has 0 radical (unpaired) electrons. The first-order valence-electron chi connectivity index (χ1n) is 7.90. The van der Waals surface area contributed by atoms with Crippen LogP contribution in [0.15, 0.2) is 6.20 Å². The highest BCUT2D eigenvalue weighted by atomic mass is 35.5. The Morgan fingerprint density at radius 3 is 2.81 bits per heavy atom. The van der Waals surface area contributed by atoms with E-state index < -0.39 is 0 Å². The van der Waals surface area contributed by atoms with Crippen LogP contribution < -0.4 is 5.32 Å². The summed E-state index contributed by atoms with van der Waals surface area (Å²) in [6.45, 7) is 8.54. The third-order valence-corrected chi connectivity index (χ3v) is 7.45. The van der Waals surface area contributed by atoms with Gasteiger partial charge in [0, 0.05) is 28.6 Å². The number of nitrogens with zero attached hydrogens (tertiary/aromatic N) is 2. The van der Waals surface area contributed by atoms with Crippen molar-refractivity contribution in [2.24, 2.45) is 0 Å². The fourth-order valence-electron chi connectivity index (χ4n) is 2.91. The number of rotatable bonds is 7. The number of aryl methyl sites for hydroxylation is 1. The summed E-state index contributed by atoms with van der Waals surface area (Å²) in [5.41, 5.74) is 1.18. The zero-order valence-corrected chi connectivity index (χ0v) is 15.5. The topological polar surface area (TPSA) is 29.9 Å². The lowest BCUT2D eigenvalue weighted by atomic mass is 10.0. The highest BCUT2D eigenvalue weighted by Gasteiger charge is 2.35. The first kappa shape index (κ1) is 17.5. The average molecular weight is 348 g/mol. The lowest BCUT2D eigenvalue weighted by Gasteiger charge is -2.36. The van der Waals surface area contributed by atoms with Crippen molar-refractivity contribution >= 4 is 35.1 Å². The van der Waals surface area contributed by atoms with Gasteiger partial charge in [-0.3, -0.25) is 4.68 Å². The van der Waals surface area contributed by atoms with E-state index in [1.165, 1.54) is 23.6 Å². The summed E-state index contributed by atoms with van der Waals surface area (Å²) in [7, 11) is 0. The van der Waals surface area contributed by atoms with Crippen molar-refractivity contribution in [1.29, 1.82) is 0 Å². The van der Waals surface area contributed by atoms with E-state index in [9.17, 15) is 0 Å². The third kappa shape index (κ3) is 4.12. The smallest absolute Gasteiger partial charge is 0.0834 e. The summed E-state index contributed by atoms with van der Waals surface area (Å²) in [4.78, 5) is 0. The molecule has 0 saturated carbocycles. The van der Waals surface area contributed by atoms with Crippen LogP contribution in [0.2, 0.25) is 5.02 Å². The fraction of sp³-hybridized carbons (Fsp3) is 0.800. The molecule has 21 heavy (non-hydrogen) atoms. The summed E-state index contributed by atoms with van der Waals surface area (Å²) < 4.78 is 2.10. The third-order valence-electron chi connectivity index (χ3n) is 3.81. The number of aromatic nitrogens is 2. The molecule has 1 aromatic rings. The molecule has 120 valence electrons. The van der Waals surface area contributed by atoms with Gasteiger partial charge in [-0.25, -0.2) is 0 Å². The van der Waals surface area contributed by atoms with Crippen LogP contribution in [-0.2, 0) is 6.54 Å². The molecule has 1 N–H and O–H groups in total. The van der Waals surface area contributed by atoms with Crippen LogP contribution in [0.3, 0.4) is 0 Å². The number of nitrogens with one attached hydrogen (secondary N) is 1. The van der Waals surface area contributed by atoms with Gasteiger partial charge in [0.05, 0.1) is 23.0 Å². The zero-order valence-electron chi connectivity index (χ0n) is 13.1. The molecular formula is C15H26ClN3S2. The van der Waals surface area contributed by atoms with Gasteiger partial charge in [-0.15, -0.1) is 0 Å². The lowest BCUT2D eigenvalue weighted by Crippen LogP contribution is -2.40. The average Bonchev–Trinajstić information content (AvgIpc) is 2.86.